The molecule has 0 fully saturated rings. The largest absolute Gasteiger partial charge is 0.508 e. The van der Waals surface area contributed by atoms with Crippen molar-refractivity contribution in [2.45, 2.75) is 52.4 Å². The fourth-order valence-electron chi connectivity index (χ4n) is 5.80. The Morgan fingerprint density at radius 3 is 1.02 bits per heavy atom. The molecule has 2 amide bonds. The van der Waals surface area contributed by atoms with Crippen LogP contribution < -0.4 is 9.80 Å². The maximum Gasteiger partial charge on any atom is 0.265 e. The van der Waals surface area contributed by atoms with Gasteiger partial charge in [0.1, 0.15) is 11.5 Å². The molecule has 0 atom stereocenters. The summed E-state index contributed by atoms with van der Waals surface area (Å²) in [7, 11) is 0. The van der Waals surface area contributed by atoms with Gasteiger partial charge in [0.15, 0.2) is 0 Å². The molecule has 222 valence electrons. The maximum atomic E-state index is 14.6. The first-order chi connectivity index (χ1) is 20.8. The number of carbonyl (C=O) groups excluding carboxylic acids is 2. The Bertz CT molecular complexity index is 1690. The average Bonchev–Trinajstić information content (AvgIpc) is 3.44. The summed E-state index contributed by atoms with van der Waals surface area (Å²) in [6.45, 7) is 12.8. The van der Waals surface area contributed by atoms with Crippen LogP contribution in [0.5, 0.6) is 11.5 Å². The molecule has 6 rings (SSSR count). The topological polar surface area (TPSA) is 81.1 Å². The first kappa shape index (κ1) is 29.0. The molecule has 0 spiro atoms. The minimum absolute atomic E-state index is 0.0746. The molecule has 0 saturated carbocycles. The first-order valence-electron chi connectivity index (χ1n) is 14.7. The fraction of sp³-hybridized carbons (Fsp3) is 0.211. The fourth-order valence-corrected chi connectivity index (χ4v) is 5.80. The van der Waals surface area contributed by atoms with Gasteiger partial charge in [0, 0.05) is 11.4 Å². The quantitative estimate of drug-likeness (QED) is 0.255. The first-order valence-corrected chi connectivity index (χ1v) is 14.7. The van der Waals surface area contributed by atoms with Crippen LogP contribution in [0, 0.1) is 0 Å². The van der Waals surface area contributed by atoms with E-state index >= 15 is 0 Å². The van der Waals surface area contributed by atoms with Crippen molar-refractivity contribution in [2.24, 2.45) is 0 Å². The molecular formula is C38H36N2O4. The van der Waals surface area contributed by atoms with E-state index in [4.69, 9.17) is 0 Å². The number of phenols is 2. The molecule has 6 nitrogen and oxygen atoms in total. The minimum Gasteiger partial charge on any atom is -0.508 e. The number of anilines is 2. The maximum absolute atomic E-state index is 14.6. The van der Waals surface area contributed by atoms with Gasteiger partial charge in [0.25, 0.3) is 11.8 Å². The van der Waals surface area contributed by atoms with Gasteiger partial charge >= 0.3 is 0 Å². The molecule has 2 aliphatic heterocycles. The average molecular weight is 585 g/mol. The summed E-state index contributed by atoms with van der Waals surface area (Å²) < 4.78 is 0. The summed E-state index contributed by atoms with van der Waals surface area (Å²) in [4.78, 5) is 32.4. The number of hydrogen-bond acceptors (Lipinski definition) is 4. The second-order valence-electron chi connectivity index (χ2n) is 13.4. The standard InChI is InChI=1S/C38H36N2O4/c1-37(2,3)25-11-7-23(8-12-25)33-31-32(36(44)39(33)27-15-19-29(41)20-16-27)34(24-9-13-26(14-10-24)38(4,5)6)40(35(31)43)28-17-21-30(42)22-18-28/h7-22,41-42H,1-6H3. The lowest BCUT2D eigenvalue weighted by molar-refractivity contribution is -0.115. The van der Waals surface area contributed by atoms with E-state index in [1.54, 1.807) is 34.1 Å². The molecule has 0 aromatic heterocycles. The van der Waals surface area contributed by atoms with E-state index in [0.717, 1.165) is 22.3 Å². The SMILES string of the molecule is CC(C)(C)c1ccc(C2=C3C(=O)N(c4ccc(O)cc4)C(c4ccc(C(C)(C)C)cc4)=C3C(=O)N2c2ccc(O)cc2)cc1. The molecule has 0 aliphatic carbocycles. The highest BCUT2D eigenvalue weighted by Gasteiger charge is 2.50. The van der Waals surface area contributed by atoms with Crippen LogP contribution in [0.3, 0.4) is 0 Å². The molecule has 2 aliphatic rings. The molecule has 0 unspecified atom stereocenters. The molecule has 0 radical (unpaired) electrons. The van der Waals surface area contributed by atoms with Crippen LogP contribution >= 0.6 is 0 Å². The third-order valence-electron chi connectivity index (χ3n) is 8.27. The van der Waals surface area contributed by atoms with E-state index in [-0.39, 0.29) is 34.1 Å². The molecule has 4 aromatic rings. The van der Waals surface area contributed by atoms with Crippen molar-refractivity contribution in [3.05, 3.63) is 130 Å². The van der Waals surface area contributed by atoms with Gasteiger partial charge in [-0.15, -0.1) is 0 Å². The predicted octanol–water partition coefficient (Wildman–Crippen LogP) is 7.91. The van der Waals surface area contributed by atoms with Crippen LogP contribution in [0.1, 0.15) is 63.8 Å². The molecule has 6 heteroatoms. The number of nitrogens with zero attached hydrogens (tertiary/aromatic N) is 2. The van der Waals surface area contributed by atoms with Crippen LogP contribution in [0.4, 0.5) is 11.4 Å². The Morgan fingerprint density at radius 1 is 0.455 bits per heavy atom. The van der Waals surface area contributed by atoms with Crippen molar-refractivity contribution in [2.75, 3.05) is 9.80 Å². The second kappa shape index (κ2) is 10.3. The third kappa shape index (κ3) is 4.86. The van der Waals surface area contributed by atoms with Crippen molar-refractivity contribution in [1.82, 2.24) is 0 Å². The van der Waals surface area contributed by atoms with E-state index in [2.05, 4.69) is 41.5 Å². The zero-order valence-corrected chi connectivity index (χ0v) is 25.8. The van der Waals surface area contributed by atoms with Gasteiger partial charge in [-0.3, -0.25) is 19.4 Å². The minimum atomic E-state index is -0.329. The summed E-state index contributed by atoms with van der Waals surface area (Å²) in [5.74, 6) is -0.495. The van der Waals surface area contributed by atoms with Crippen molar-refractivity contribution >= 4 is 34.6 Å². The second-order valence-corrected chi connectivity index (χ2v) is 13.4. The van der Waals surface area contributed by atoms with E-state index in [1.807, 2.05) is 48.5 Å². The van der Waals surface area contributed by atoms with E-state index in [9.17, 15) is 19.8 Å². The highest BCUT2D eigenvalue weighted by atomic mass is 16.3. The zero-order valence-electron chi connectivity index (χ0n) is 25.8. The van der Waals surface area contributed by atoms with Crippen LogP contribution in [0.2, 0.25) is 0 Å². The van der Waals surface area contributed by atoms with Crippen LogP contribution in [-0.4, -0.2) is 22.0 Å². The lowest BCUT2D eigenvalue weighted by atomic mass is 9.86. The van der Waals surface area contributed by atoms with Crippen molar-refractivity contribution < 1.29 is 19.8 Å². The Morgan fingerprint density at radius 2 is 0.750 bits per heavy atom. The summed E-state index contributed by atoms with van der Waals surface area (Å²) in [6.07, 6.45) is 0. The van der Waals surface area contributed by atoms with Crippen LogP contribution in [-0.2, 0) is 20.4 Å². The highest BCUT2D eigenvalue weighted by molar-refractivity contribution is 6.41. The van der Waals surface area contributed by atoms with E-state index in [0.29, 0.717) is 33.9 Å². The number of carbonyl (C=O) groups is 2. The van der Waals surface area contributed by atoms with Gasteiger partial charge < -0.3 is 10.2 Å². The van der Waals surface area contributed by atoms with Gasteiger partial charge in [-0.2, -0.15) is 0 Å². The van der Waals surface area contributed by atoms with E-state index < -0.39 is 0 Å². The zero-order chi connectivity index (χ0) is 31.6. The molecule has 0 saturated heterocycles. The summed E-state index contributed by atoms with van der Waals surface area (Å²) in [5.41, 5.74) is 6.27. The van der Waals surface area contributed by atoms with Crippen LogP contribution in [0.25, 0.3) is 11.4 Å². The number of benzene rings is 4. The molecule has 0 bridgehead atoms. The number of fused-ring (bicyclic) bond motifs is 1. The number of hydrogen-bond donors (Lipinski definition) is 2. The summed E-state index contributed by atoms with van der Waals surface area (Å²) >= 11 is 0. The number of aromatic hydroxyl groups is 2. The number of amides is 2. The number of rotatable bonds is 4. The highest BCUT2D eigenvalue weighted by Crippen LogP contribution is 2.50. The number of phenolic OH excluding ortho intramolecular Hbond substituents is 2. The lowest BCUT2D eigenvalue weighted by Crippen LogP contribution is -2.29. The Hall–Kier alpha value is -5.10. The normalized spacial score (nSPS) is 15.5. The van der Waals surface area contributed by atoms with E-state index in [1.165, 1.54) is 24.3 Å². The monoisotopic (exact) mass is 584 g/mol. The molecule has 2 N–H and O–H groups in total. The Balaban J connectivity index is 1.64. The Labute approximate surface area is 258 Å². The van der Waals surface area contributed by atoms with Crippen LogP contribution in [0.15, 0.2) is 108 Å². The Kier molecular flexibility index (Phi) is 6.76. The van der Waals surface area contributed by atoms with Gasteiger partial charge in [0.05, 0.1) is 22.5 Å². The molecule has 2 heterocycles. The van der Waals surface area contributed by atoms with Gasteiger partial charge in [0.2, 0.25) is 0 Å². The summed E-state index contributed by atoms with van der Waals surface area (Å²) in [5, 5.41) is 20.0. The van der Waals surface area contributed by atoms with Gasteiger partial charge in [-0.1, -0.05) is 90.1 Å². The molecular weight excluding hydrogens is 548 g/mol. The lowest BCUT2D eigenvalue weighted by Gasteiger charge is -2.26. The van der Waals surface area contributed by atoms with Crippen molar-refractivity contribution in [3.8, 4) is 11.5 Å². The third-order valence-corrected chi connectivity index (χ3v) is 8.27. The predicted molar refractivity (Wildman–Crippen MR) is 175 cm³/mol. The smallest absolute Gasteiger partial charge is 0.265 e. The van der Waals surface area contributed by atoms with Gasteiger partial charge in [-0.25, -0.2) is 0 Å². The van der Waals surface area contributed by atoms with Crippen molar-refractivity contribution in [1.29, 1.82) is 0 Å². The van der Waals surface area contributed by atoms with Gasteiger partial charge in [-0.05, 0) is 81.6 Å². The summed E-state index contributed by atoms with van der Waals surface area (Å²) in [6, 6.07) is 28.8. The van der Waals surface area contributed by atoms with Crippen molar-refractivity contribution in [3.63, 3.8) is 0 Å². The molecule has 4 aromatic carbocycles. The molecule has 44 heavy (non-hydrogen) atoms.